The number of halogens is 1. The second kappa shape index (κ2) is 7.36. The van der Waals surface area contributed by atoms with Crippen LogP contribution in [0.5, 0.6) is 5.75 Å². The highest BCUT2D eigenvalue weighted by Gasteiger charge is 2.24. The van der Waals surface area contributed by atoms with Gasteiger partial charge < -0.3 is 15.0 Å². The van der Waals surface area contributed by atoms with Gasteiger partial charge in [-0.25, -0.2) is 0 Å². The highest BCUT2D eigenvalue weighted by Crippen LogP contribution is 2.16. The van der Waals surface area contributed by atoms with Crippen LogP contribution in [-0.2, 0) is 0 Å². The van der Waals surface area contributed by atoms with Gasteiger partial charge in [0.25, 0.3) is 5.91 Å². The number of amides is 1. The molecule has 106 valence electrons. The zero-order valence-corrected chi connectivity index (χ0v) is 12.2. The lowest BCUT2D eigenvalue weighted by Crippen LogP contribution is -2.52. The Morgan fingerprint density at radius 1 is 1.53 bits per heavy atom. The van der Waals surface area contributed by atoms with Crippen molar-refractivity contribution in [1.82, 2.24) is 10.2 Å². The van der Waals surface area contributed by atoms with Crippen molar-refractivity contribution in [3.8, 4) is 5.75 Å². The van der Waals surface area contributed by atoms with Crippen LogP contribution >= 0.6 is 12.4 Å². The van der Waals surface area contributed by atoms with Crippen LogP contribution < -0.4 is 10.1 Å². The highest BCUT2D eigenvalue weighted by atomic mass is 35.5. The normalized spacial score (nSPS) is 18.6. The molecule has 0 unspecified atom stereocenters. The van der Waals surface area contributed by atoms with E-state index in [1.807, 2.05) is 36.1 Å². The van der Waals surface area contributed by atoms with Crippen LogP contribution in [0.1, 0.15) is 24.2 Å². The number of ether oxygens (including phenoxy) is 1. The van der Waals surface area contributed by atoms with E-state index in [0.29, 0.717) is 12.2 Å². The Morgan fingerprint density at radius 3 is 3.00 bits per heavy atom. The second-order valence-corrected chi connectivity index (χ2v) is 4.51. The van der Waals surface area contributed by atoms with Crippen molar-refractivity contribution in [2.24, 2.45) is 0 Å². The average molecular weight is 285 g/mol. The maximum atomic E-state index is 12.4. The molecule has 0 spiro atoms. The summed E-state index contributed by atoms with van der Waals surface area (Å²) in [4.78, 5) is 14.3. The van der Waals surface area contributed by atoms with E-state index in [1.54, 1.807) is 0 Å². The maximum Gasteiger partial charge on any atom is 0.254 e. The summed E-state index contributed by atoms with van der Waals surface area (Å²) in [5.41, 5.74) is 0.703. The predicted octanol–water partition coefficient (Wildman–Crippen LogP) is 1.94. The molecule has 1 aliphatic heterocycles. The third-order valence-corrected chi connectivity index (χ3v) is 3.15. The zero-order chi connectivity index (χ0) is 13.0. The fourth-order valence-corrected chi connectivity index (χ4v) is 2.19. The molecule has 1 atom stereocenters. The Bertz CT molecular complexity index is 426. The first-order valence-corrected chi connectivity index (χ1v) is 6.47. The molecule has 0 aliphatic carbocycles. The molecule has 0 saturated carbocycles. The largest absolute Gasteiger partial charge is 0.494 e. The zero-order valence-electron chi connectivity index (χ0n) is 11.4. The molecule has 1 saturated heterocycles. The second-order valence-electron chi connectivity index (χ2n) is 4.51. The minimum Gasteiger partial charge on any atom is -0.494 e. The van der Waals surface area contributed by atoms with Gasteiger partial charge in [-0.05, 0) is 32.0 Å². The lowest BCUT2D eigenvalue weighted by Gasteiger charge is -2.34. The van der Waals surface area contributed by atoms with E-state index in [-0.39, 0.29) is 24.4 Å². The molecule has 1 heterocycles. The Balaban J connectivity index is 0.00000180. The van der Waals surface area contributed by atoms with Crippen LogP contribution in [0, 0.1) is 0 Å². The first-order valence-electron chi connectivity index (χ1n) is 6.47. The number of hydrogen-bond donors (Lipinski definition) is 1. The van der Waals surface area contributed by atoms with E-state index >= 15 is 0 Å². The summed E-state index contributed by atoms with van der Waals surface area (Å²) in [6, 6.07) is 7.65. The molecular weight excluding hydrogens is 264 g/mol. The summed E-state index contributed by atoms with van der Waals surface area (Å²) < 4.78 is 5.43. The van der Waals surface area contributed by atoms with E-state index in [1.165, 1.54) is 0 Å². The average Bonchev–Trinajstić information content (AvgIpc) is 2.39. The van der Waals surface area contributed by atoms with Gasteiger partial charge in [-0.1, -0.05) is 6.07 Å². The monoisotopic (exact) mass is 284 g/mol. The number of benzene rings is 1. The Kier molecular flexibility index (Phi) is 6.12. The van der Waals surface area contributed by atoms with Crippen molar-refractivity contribution in [3.05, 3.63) is 29.8 Å². The van der Waals surface area contributed by atoms with E-state index in [0.717, 1.165) is 25.4 Å². The number of carbonyl (C=O) groups excluding carboxylic acids is 1. The summed E-state index contributed by atoms with van der Waals surface area (Å²) >= 11 is 0. The number of nitrogens with one attached hydrogen (secondary N) is 1. The fourth-order valence-electron chi connectivity index (χ4n) is 2.19. The molecule has 1 aromatic rings. The molecule has 2 rings (SSSR count). The SMILES string of the molecule is CCOc1cccc(C(=O)N2CCNC[C@H]2C)c1.Cl. The van der Waals surface area contributed by atoms with Gasteiger partial charge >= 0.3 is 0 Å². The lowest BCUT2D eigenvalue weighted by atomic mass is 10.1. The number of rotatable bonds is 3. The number of hydrogen-bond acceptors (Lipinski definition) is 3. The molecule has 1 aromatic carbocycles. The van der Waals surface area contributed by atoms with Crippen LogP contribution in [-0.4, -0.2) is 43.1 Å². The van der Waals surface area contributed by atoms with Crippen LogP contribution in [0.15, 0.2) is 24.3 Å². The molecule has 1 N–H and O–H groups in total. The lowest BCUT2D eigenvalue weighted by molar-refractivity contribution is 0.0655. The third kappa shape index (κ3) is 3.85. The van der Waals surface area contributed by atoms with Gasteiger partial charge in [0.1, 0.15) is 5.75 Å². The number of piperazine rings is 1. The summed E-state index contributed by atoms with van der Waals surface area (Å²) in [5, 5.41) is 3.28. The summed E-state index contributed by atoms with van der Waals surface area (Å²) in [7, 11) is 0. The van der Waals surface area contributed by atoms with E-state index < -0.39 is 0 Å². The van der Waals surface area contributed by atoms with Gasteiger partial charge in [0.05, 0.1) is 6.61 Å². The summed E-state index contributed by atoms with van der Waals surface area (Å²) in [6.07, 6.45) is 0. The van der Waals surface area contributed by atoms with Crippen molar-refractivity contribution in [3.63, 3.8) is 0 Å². The van der Waals surface area contributed by atoms with Gasteiger partial charge in [0.15, 0.2) is 0 Å². The predicted molar refractivity (Wildman–Crippen MR) is 78.2 cm³/mol. The smallest absolute Gasteiger partial charge is 0.254 e. The van der Waals surface area contributed by atoms with Gasteiger partial charge in [0.2, 0.25) is 0 Å². The molecule has 19 heavy (non-hydrogen) atoms. The summed E-state index contributed by atoms with van der Waals surface area (Å²) in [6.45, 7) is 7.10. The van der Waals surface area contributed by atoms with Crippen molar-refractivity contribution in [2.75, 3.05) is 26.2 Å². The molecule has 0 aromatic heterocycles. The Labute approximate surface area is 120 Å². The minimum atomic E-state index is 0. The molecule has 4 nitrogen and oxygen atoms in total. The highest BCUT2D eigenvalue weighted by molar-refractivity contribution is 5.94. The number of nitrogens with zero attached hydrogens (tertiary/aromatic N) is 1. The van der Waals surface area contributed by atoms with Gasteiger partial charge in [-0.3, -0.25) is 4.79 Å². The number of carbonyl (C=O) groups is 1. The molecule has 1 aliphatic rings. The van der Waals surface area contributed by atoms with Gasteiger partial charge in [0, 0.05) is 31.2 Å². The molecule has 5 heteroatoms. The van der Waals surface area contributed by atoms with Crippen LogP contribution in [0.2, 0.25) is 0 Å². The maximum absolute atomic E-state index is 12.4. The van der Waals surface area contributed by atoms with E-state index in [9.17, 15) is 4.79 Å². The van der Waals surface area contributed by atoms with Crippen LogP contribution in [0.25, 0.3) is 0 Å². The Hall–Kier alpha value is -1.26. The van der Waals surface area contributed by atoms with E-state index in [2.05, 4.69) is 12.2 Å². The molecular formula is C14H21ClN2O2. The van der Waals surface area contributed by atoms with E-state index in [4.69, 9.17) is 4.74 Å². The first-order chi connectivity index (χ1) is 8.72. The van der Waals surface area contributed by atoms with Crippen LogP contribution in [0.4, 0.5) is 0 Å². The summed E-state index contributed by atoms with van der Waals surface area (Å²) in [5.74, 6) is 0.844. The van der Waals surface area contributed by atoms with Gasteiger partial charge in [-0.15, -0.1) is 12.4 Å². The van der Waals surface area contributed by atoms with Crippen molar-refractivity contribution in [1.29, 1.82) is 0 Å². The Morgan fingerprint density at radius 2 is 2.32 bits per heavy atom. The molecule has 0 radical (unpaired) electrons. The fraction of sp³-hybridized carbons (Fsp3) is 0.500. The molecule has 1 fully saturated rings. The minimum absolute atomic E-state index is 0. The molecule has 1 amide bonds. The van der Waals surface area contributed by atoms with Crippen molar-refractivity contribution < 1.29 is 9.53 Å². The third-order valence-electron chi connectivity index (χ3n) is 3.15. The van der Waals surface area contributed by atoms with Crippen molar-refractivity contribution in [2.45, 2.75) is 19.9 Å². The topological polar surface area (TPSA) is 41.6 Å². The van der Waals surface area contributed by atoms with Crippen LogP contribution in [0.3, 0.4) is 0 Å². The standard InChI is InChI=1S/C14H20N2O2.ClH/c1-3-18-13-6-4-5-12(9-13)14(17)16-8-7-15-10-11(16)2;/h4-6,9,11,15H,3,7-8,10H2,1-2H3;1H/t11-;/m1./s1. The molecule has 0 bridgehead atoms. The quantitative estimate of drug-likeness (QED) is 0.922. The first kappa shape index (κ1) is 15.8. The van der Waals surface area contributed by atoms with Crippen molar-refractivity contribution >= 4 is 18.3 Å². The van der Waals surface area contributed by atoms with Gasteiger partial charge in [-0.2, -0.15) is 0 Å².